The number of rotatable bonds is 3. The van der Waals surface area contributed by atoms with Gasteiger partial charge in [0.25, 0.3) is 11.8 Å². The van der Waals surface area contributed by atoms with Gasteiger partial charge in [-0.05, 0) is 25.1 Å². The lowest BCUT2D eigenvalue weighted by Crippen LogP contribution is -2.43. The highest BCUT2D eigenvalue weighted by Gasteiger charge is 2.39. The summed E-state index contributed by atoms with van der Waals surface area (Å²) < 4.78 is 56.8. The first kappa shape index (κ1) is 21.2. The number of nitrogens with one attached hydrogen (secondary N) is 2. The van der Waals surface area contributed by atoms with E-state index in [1.807, 2.05) is 5.32 Å². The van der Waals surface area contributed by atoms with Crippen molar-refractivity contribution in [3.63, 3.8) is 0 Å². The Balaban J connectivity index is 1.55. The fourth-order valence-corrected chi connectivity index (χ4v) is 3.48. The minimum Gasteiger partial charge on any atom is -0.350 e. The quantitative estimate of drug-likeness (QED) is 0.584. The number of carbonyl (C=O) groups excluding carboxylic acids is 2. The Bertz CT molecular complexity index is 1150. The van der Waals surface area contributed by atoms with Gasteiger partial charge in [0.15, 0.2) is 0 Å². The summed E-state index contributed by atoms with van der Waals surface area (Å²) in [4.78, 5) is 29.5. The lowest BCUT2D eigenvalue weighted by atomic mass is 10.0. The molecule has 0 radical (unpaired) electrons. The molecule has 1 aliphatic rings. The first-order valence-corrected chi connectivity index (χ1v) is 9.54. The minimum absolute atomic E-state index is 0.0781. The van der Waals surface area contributed by atoms with E-state index in [1.54, 1.807) is 0 Å². The van der Waals surface area contributed by atoms with E-state index in [0.717, 1.165) is 6.92 Å². The molecule has 0 saturated carbocycles. The summed E-state index contributed by atoms with van der Waals surface area (Å²) in [5, 5.41) is 5.93. The van der Waals surface area contributed by atoms with Gasteiger partial charge >= 0.3 is 6.18 Å². The monoisotopic (exact) mass is 458 g/mol. The van der Waals surface area contributed by atoms with Gasteiger partial charge in [-0.3, -0.25) is 9.59 Å². The third-order valence-electron chi connectivity index (χ3n) is 5.06. The molecule has 1 atom stereocenters. The van der Waals surface area contributed by atoms with Crippen LogP contribution in [0.15, 0.2) is 22.7 Å². The number of alkyl halides is 3. The Kier molecular flexibility index (Phi) is 5.16. The maximum atomic E-state index is 13.7. The summed E-state index contributed by atoms with van der Waals surface area (Å²) in [7, 11) is 0. The van der Waals surface area contributed by atoms with Gasteiger partial charge in [0.2, 0.25) is 5.76 Å². The minimum atomic E-state index is -4.62. The Labute approximate surface area is 177 Å². The van der Waals surface area contributed by atoms with Crippen molar-refractivity contribution in [3.8, 4) is 0 Å². The van der Waals surface area contributed by atoms with Gasteiger partial charge < -0.3 is 19.7 Å². The van der Waals surface area contributed by atoms with Crippen LogP contribution in [0.5, 0.6) is 0 Å². The SMILES string of the molecule is C[C@@H](NC(=O)c1onc2c1CN(C(=O)c1cc3cc(F)c(Cl)cc3[nH]1)CC2)C(F)(F)F. The number of fused-ring (bicyclic) bond motifs is 2. The third-order valence-corrected chi connectivity index (χ3v) is 5.35. The largest absolute Gasteiger partial charge is 0.408 e. The van der Waals surface area contributed by atoms with Crippen LogP contribution in [0.4, 0.5) is 17.6 Å². The summed E-state index contributed by atoms with van der Waals surface area (Å²) in [5.41, 5.74) is 1.29. The van der Waals surface area contributed by atoms with E-state index in [-0.39, 0.29) is 41.6 Å². The normalized spacial score (nSPS) is 15.1. The molecular weight excluding hydrogens is 444 g/mol. The zero-order valence-corrected chi connectivity index (χ0v) is 16.7. The highest BCUT2D eigenvalue weighted by Crippen LogP contribution is 2.27. The van der Waals surface area contributed by atoms with Crippen molar-refractivity contribution in [1.29, 1.82) is 0 Å². The third kappa shape index (κ3) is 3.97. The van der Waals surface area contributed by atoms with Crippen molar-refractivity contribution in [1.82, 2.24) is 20.4 Å². The standard InChI is InChI=1S/C19H15ClF4N4O3/c1-8(19(22,23)24)25-17(29)16-10-7-28(3-2-13(10)27-31-16)18(30)15-5-9-4-12(21)11(20)6-14(9)26-15/h4-6,8,26H,2-3,7H2,1H3,(H,25,29)/t8-/m1/s1. The zero-order valence-electron chi connectivity index (χ0n) is 15.9. The van der Waals surface area contributed by atoms with Crippen molar-refractivity contribution in [2.75, 3.05) is 6.54 Å². The molecule has 4 rings (SSSR count). The number of halogens is 5. The van der Waals surface area contributed by atoms with Gasteiger partial charge in [-0.25, -0.2) is 4.39 Å². The first-order valence-electron chi connectivity index (χ1n) is 9.16. The van der Waals surface area contributed by atoms with Crippen LogP contribution in [0.2, 0.25) is 5.02 Å². The summed E-state index contributed by atoms with van der Waals surface area (Å²) in [6.07, 6.45) is -4.36. The fraction of sp³-hybridized carbons (Fsp3) is 0.316. The smallest absolute Gasteiger partial charge is 0.350 e. The van der Waals surface area contributed by atoms with Gasteiger partial charge in [0, 0.05) is 29.4 Å². The molecule has 3 aromatic rings. The van der Waals surface area contributed by atoms with Crippen molar-refractivity contribution in [3.05, 3.63) is 51.8 Å². The van der Waals surface area contributed by atoms with E-state index in [2.05, 4.69) is 10.1 Å². The number of hydrogen-bond donors (Lipinski definition) is 2. The number of amides is 2. The van der Waals surface area contributed by atoms with Crippen molar-refractivity contribution >= 4 is 34.3 Å². The fourth-order valence-electron chi connectivity index (χ4n) is 3.32. The Morgan fingerprint density at radius 3 is 2.77 bits per heavy atom. The van der Waals surface area contributed by atoms with E-state index in [0.29, 0.717) is 16.6 Å². The van der Waals surface area contributed by atoms with Crippen LogP contribution in [0.1, 0.15) is 39.2 Å². The van der Waals surface area contributed by atoms with Crippen molar-refractivity contribution in [2.24, 2.45) is 0 Å². The molecule has 1 aromatic carbocycles. The lowest BCUT2D eigenvalue weighted by Gasteiger charge is -2.26. The Hall–Kier alpha value is -3.08. The summed E-state index contributed by atoms with van der Waals surface area (Å²) >= 11 is 5.76. The Morgan fingerprint density at radius 1 is 1.32 bits per heavy atom. The van der Waals surface area contributed by atoms with E-state index in [9.17, 15) is 27.2 Å². The molecule has 12 heteroatoms. The van der Waals surface area contributed by atoms with Crippen LogP contribution < -0.4 is 5.32 Å². The van der Waals surface area contributed by atoms with Crippen LogP contribution >= 0.6 is 11.6 Å². The van der Waals surface area contributed by atoms with Crippen LogP contribution in [0.3, 0.4) is 0 Å². The molecule has 164 valence electrons. The molecule has 0 unspecified atom stereocenters. The number of carbonyl (C=O) groups is 2. The molecular formula is C19H15ClF4N4O3. The first-order chi connectivity index (χ1) is 14.5. The molecule has 1 aliphatic heterocycles. The second kappa shape index (κ2) is 7.56. The highest BCUT2D eigenvalue weighted by atomic mass is 35.5. The number of nitrogens with zero attached hydrogens (tertiary/aromatic N) is 2. The van der Waals surface area contributed by atoms with E-state index in [1.165, 1.54) is 23.1 Å². The zero-order chi connectivity index (χ0) is 22.5. The predicted octanol–water partition coefficient (Wildman–Crippen LogP) is 3.83. The van der Waals surface area contributed by atoms with Gasteiger partial charge in [-0.15, -0.1) is 0 Å². The Morgan fingerprint density at radius 2 is 2.06 bits per heavy atom. The molecule has 2 amide bonds. The van der Waals surface area contributed by atoms with E-state index >= 15 is 0 Å². The number of aromatic amines is 1. The van der Waals surface area contributed by atoms with Gasteiger partial charge in [-0.1, -0.05) is 16.8 Å². The highest BCUT2D eigenvalue weighted by molar-refractivity contribution is 6.31. The molecule has 2 N–H and O–H groups in total. The second-order valence-corrected chi connectivity index (χ2v) is 7.59. The van der Waals surface area contributed by atoms with E-state index < -0.39 is 29.8 Å². The topological polar surface area (TPSA) is 91.2 Å². The molecule has 31 heavy (non-hydrogen) atoms. The molecule has 0 bridgehead atoms. The number of aromatic nitrogens is 2. The van der Waals surface area contributed by atoms with E-state index in [4.69, 9.17) is 16.1 Å². The summed E-state index contributed by atoms with van der Waals surface area (Å²) in [5.74, 6) is -2.49. The molecule has 0 aliphatic carbocycles. The van der Waals surface area contributed by atoms with Gasteiger partial charge in [-0.2, -0.15) is 13.2 Å². The van der Waals surface area contributed by atoms with Crippen LogP contribution in [0.25, 0.3) is 10.9 Å². The molecule has 3 heterocycles. The van der Waals surface area contributed by atoms with Crippen LogP contribution in [-0.2, 0) is 13.0 Å². The van der Waals surface area contributed by atoms with Crippen molar-refractivity contribution < 1.29 is 31.7 Å². The summed E-state index contributed by atoms with van der Waals surface area (Å²) in [6.45, 7) is 0.982. The number of benzene rings is 1. The number of hydrogen-bond acceptors (Lipinski definition) is 4. The predicted molar refractivity (Wildman–Crippen MR) is 101 cm³/mol. The number of H-pyrrole nitrogens is 1. The second-order valence-electron chi connectivity index (χ2n) is 7.19. The molecule has 0 spiro atoms. The van der Waals surface area contributed by atoms with Crippen molar-refractivity contribution in [2.45, 2.75) is 32.1 Å². The molecule has 2 aromatic heterocycles. The van der Waals surface area contributed by atoms with Gasteiger partial charge in [0.1, 0.15) is 17.6 Å². The lowest BCUT2D eigenvalue weighted by molar-refractivity contribution is -0.149. The average molecular weight is 459 g/mol. The average Bonchev–Trinajstić information content (AvgIpc) is 3.30. The summed E-state index contributed by atoms with van der Waals surface area (Å²) in [6, 6.07) is 1.95. The van der Waals surface area contributed by atoms with Gasteiger partial charge in [0.05, 0.1) is 17.3 Å². The van der Waals surface area contributed by atoms with Crippen LogP contribution in [0, 0.1) is 5.82 Å². The maximum Gasteiger partial charge on any atom is 0.408 e. The maximum absolute atomic E-state index is 13.7. The molecule has 0 saturated heterocycles. The molecule has 7 nitrogen and oxygen atoms in total. The molecule has 0 fully saturated rings. The van der Waals surface area contributed by atoms with Crippen LogP contribution in [-0.4, -0.2) is 45.6 Å².